The van der Waals surface area contributed by atoms with E-state index in [1.807, 2.05) is 6.92 Å². The summed E-state index contributed by atoms with van der Waals surface area (Å²) < 4.78 is 0. The van der Waals surface area contributed by atoms with Gasteiger partial charge in [-0.05, 0) is 44.7 Å². The molecule has 2 unspecified atom stereocenters. The minimum atomic E-state index is -0.739. The highest BCUT2D eigenvalue weighted by atomic mass is 16.4. The van der Waals surface area contributed by atoms with Gasteiger partial charge in [0.2, 0.25) is 0 Å². The lowest BCUT2D eigenvalue weighted by atomic mass is 9.91. The van der Waals surface area contributed by atoms with E-state index in [4.69, 9.17) is 5.11 Å². The minimum Gasteiger partial charge on any atom is -0.508 e. The third kappa shape index (κ3) is 4.11. The van der Waals surface area contributed by atoms with Gasteiger partial charge in [0.05, 0.1) is 0 Å². The van der Waals surface area contributed by atoms with Crippen molar-refractivity contribution in [3.63, 3.8) is 0 Å². The zero-order chi connectivity index (χ0) is 15.4. The average molecular weight is 293 g/mol. The van der Waals surface area contributed by atoms with Gasteiger partial charge in [0.1, 0.15) is 11.5 Å². The Bertz CT molecular complexity index is 503. The lowest BCUT2D eigenvalue weighted by molar-refractivity contribution is -0.137. The van der Waals surface area contributed by atoms with Crippen LogP contribution < -0.4 is 0 Å². The minimum absolute atomic E-state index is 0.0539. The van der Waals surface area contributed by atoms with Crippen molar-refractivity contribution in [2.24, 2.45) is 5.92 Å². The Morgan fingerprint density at radius 1 is 1.43 bits per heavy atom. The van der Waals surface area contributed by atoms with Crippen LogP contribution in [0.1, 0.15) is 44.2 Å². The van der Waals surface area contributed by atoms with Crippen LogP contribution >= 0.6 is 0 Å². The zero-order valence-corrected chi connectivity index (χ0v) is 12.3. The van der Waals surface area contributed by atoms with Gasteiger partial charge in [0.25, 0.3) is 0 Å². The van der Waals surface area contributed by atoms with Crippen LogP contribution in [0.4, 0.5) is 0 Å². The molecule has 5 nitrogen and oxygen atoms in total. The Hall–Kier alpha value is -1.75. The Morgan fingerprint density at radius 2 is 2.19 bits per heavy atom. The molecule has 1 fully saturated rings. The number of benzene rings is 1. The number of phenolic OH excluding ortho intramolecular Hbond substituents is 2. The highest BCUT2D eigenvalue weighted by Gasteiger charge is 2.26. The topological polar surface area (TPSA) is 81.0 Å². The maximum atomic E-state index is 10.7. The molecule has 1 aliphatic rings. The van der Waals surface area contributed by atoms with Crippen molar-refractivity contribution in [1.82, 2.24) is 4.90 Å². The number of hydrogen-bond acceptors (Lipinski definition) is 4. The van der Waals surface area contributed by atoms with Gasteiger partial charge in [-0.15, -0.1) is 0 Å². The molecular formula is C16H23NO4. The Balaban J connectivity index is 2.01. The number of aromatic hydroxyl groups is 2. The molecule has 0 spiro atoms. The Morgan fingerprint density at radius 3 is 2.86 bits per heavy atom. The van der Waals surface area contributed by atoms with E-state index in [2.05, 4.69) is 4.90 Å². The molecule has 0 bridgehead atoms. The molecule has 0 saturated carbocycles. The Labute approximate surface area is 124 Å². The van der Waals surface area contributed by atoms with Gasteiger partial charge >= 0.3 is 5.97 Å². The number of nitrogens with zero attached hydrogens (tertiary/aromatic N) is 1. The van der Waals surface area contributed by atoms with Crippen LogP contribution in [0.25, 0.3) is 0 Å². The van der Waals surface area contributed by atoms with E-state index in [-0.39, 0.29) is 24.0 Å². The van der Waals surface area contributed by atoms with Gasteiger partial charge in [0.15, 0.2) is 0 Å². The largest absolute Gasteiger partial charge is 0.508 e. The van der Waals surface area contributed by atoms with Gasteiger partial charge in [-0.3, -0.25) is 9.69 Å². The van der Waals surface area contributed by atoms with Gasteiger partial charge < -0.3 is 15.3 Å². The van der Waals surface area contributed by atoms with Crippen LogP contribution in [0.2, 0.25) is 0 Å². The highest BCUT2D eigenvalue weighted by molar-refractivity contribution is 5.66. The summed E-state index contributed by atoms with van der Waals surface area (Å²) in [6, 6.07) is 4.74. The third-order valence-electron chi connectivity index (χ3n) is 4.33. The van der Waals surface area contributed by atoms with Crippen molar-refractivity contribution in [2.45, 2.75) is 38.6 Å². The molecule has 3 N–H and O–H groups in total. The summed E-state index contributed by atoms with van der Waals surface area (Å²) in [6.45, 7) is 3.84. The van der Waals surface area contributed by atoms with Crippen LogP contribution in [-0.4, -0.2) is 39.3 Å². The molecular weight excluding hydrogens is 270 g/mol. The number of piperidine rings is 1. The lowest BCUT2D eigenvalue weighted by Crippen LogP contribution is -2.37. The smallest absolute Gasteiger partial charge is 0.303 e. The molecule has 5 heteroatoms. The molecule has 1 saturated heterocycles. The molecule has 1 aromatic carbocycles. The number of likely N-dealkylation sites (tertiary alicyclic amines) is 1. The summed E-state index contributed by atoms with van der Waals surface area (Å²) in [4.78, 5) is 13.0. The molecule has 21 heavy (non-hydrogen) atoms. The number of carboxylic acid groups (broad SMARTS) is 1. The van der Waals surface area contributed by atoms with Gasteiger partial charge in [0, 0.05) is 30.6 Å². The first-order chi connectivity index (χ1) is 9.97. The molecule has 0 aromatic heterocycles. The fourth-order valence-corrected chi connectivity index (χ4v) is 3.09. The average Bonchev–Trinajstić information content (AvgIpc) is 2.45. The molecule has 0 radical (unpaired) electrons. The summed E-state index contributed by atoms with van der Waals surface area (Å²) in [6.07, 6.45) is 3.04. The van der Waals surface area contributed by atoms with Crippen molar-refractivity contribution >= 4 is 5.97 Å². The van der Waals surface area contributed by atoms with Crippen LogP contribution in [0.15, 0.2) is 18.2 Å². The number of phenols is 2. The predicted molar refractivity (Wildman–Crippen MR) is 79.4 cm³/mol. The van der Waals surface area contributed by atoms with Crippen LogP contribution in [0, 0.1) is 5.92 Å². The number of rotatable bonds is 5. The molecule has 0 amide bonds. The van der Waals surface area contributed by atoms with Crippen LogP contribution in [-0.2, 0) is 4.79 Å². The van der Waals surface area contributed by atoms with Gasteiger partial charge in [-0.2, -0.15) is 0 Å². The van der Waals surface area contributed by atoms with E-state index in [1.165, 1.54) is 6.07 Å². The first-order valence-electron chi connectivity index (χ1n) is 7.45. The van der Waals surface area contributed by atoms with Crippen molar-refractivity contribution in [1.29, 1.82) is 0 Å². The summed E-state index contributed by atoms with van der Waals surface area (Å²) in [5.74, 6) is -0.176. The lowest BCUT2D eigenvalue weighted by Gasteiger charge is -2.37. The number of carbonyl (C=O) groups is 1. The van der Waals surface area contributed by atoms with Crippen molar-refractivity contribution < 1.29 is 20.1 Å². The van der Waals surface area contributed by atoms with Crippen molar-refractivity contribution in [3.05, 3.63) is 23.8 Å². The SMILES string of the molecule is CC(c1ccc(O)cc1O)N1CCCC(CCC(=O)O)C1. The maximum Gasteiger partial charge on any atom is 0.303 e. The van der Waals surface area contributed by atoms with E-state index in [0.717, 1.165) is 31.5 Å². The molecule has 1 aromatic rings. The van der Waals surface area contributed by atoms with E-state index in [0.29, 0.717) is 12.3 Å². The zero-order valence-electron chi connectivity index (χ0n) is 12.3. The monoisotopic (exact) mass is 293 g/mol. The van der Waals surface area contributed by atoms with Crippen molar-refractivity contribution in [2.75, 3.05) is 13.1 Å². The number of aliphatic carboxylic acids is 1. The van der Waals surface area contributed by atoms with Crippen molar-refractivity contribution in [3.8, 4) is 11.5 Å². The summed E-state index contributed by atoms with van der Waals surface area (Å²) in [5, 5.41) is 28.1. The second-order valence-corrected chi connectivity index (χ2v) is 5.85. The van der Waals surface area contributed by atoms with E-state index in [9.17, 15) is 15.0 Å². The molecule has 2 atom stereocenters. The fourth-order valence-electron chi connectivity index (χ4n) is 3.09. The first kappa shape index (κ1) is 15.6. The second-order valence-electron chi connectivity index (χ2n) is 5.85. The third-order valence-corrected chi connectivity index (χ3v) is 4.33. The molecule has 0 aliphatic carbocycles. The van der Waals surface area contributed by atoms with E-state index in [1.54, 1.807) is 12.1 Å². The highest BCUT2D eigenvalue weighted by Crippen LogP contribution is 2.34. The molecule has 1 aliphatic heterocycles. The normalized spacial score (nSPS) is 21.1. The van der Waals surface area contributed by atoms with Gasteiger partial charge in [-0.1, -0.05) is 6.07 Å². The quantitative estimate of drug-likeness (QED) is 0.777. The van der Waals surface area contributed by atoms with Crippen LogP contribution in [0.5, 0.6) is 11.5 Å². The summed E-state index contributed by atoms with van der Waals surface area (Å²) in [7, 11) is 0. The standard InChI is InChI=1S/C16H23NO4/c1-11(14-6-5-13(18)9-15(14)19)17-8-2-3-12(10-17)4-7-16(20)21/h5-6,9,11-12,18-19H,2-4,7-8,10H2,1H3,(H,20,21). The first-order valence-corrected chi connectivity index (χ1v) is 7.45. The second kappa shape index (κ2) is 6.80. The molecule has 2 rings (SSSR count). The maximum absolute atomic E-state index is 10.7. The van der Waals surface area contributed by atoms with E-state index < -0.39 is 5.97 Å². The predicted octanol–water partition coefficient (Wildman–Crippen LogP) is 2.74. The molecule has 1 heterocycles. The Kier molecular flexibility index (Phi) is 5.07. The van der Waals surface area contributed by atoms with E-state index >= 15 is 0 Å². The summed E-state index contributed by atoms with van der Waals surface area (Å²) >= 11 is 0. The fraction of sp³-hybridized carbons (Fsp3) is 0.562. The van der Waals surface area contributed by atoms with Crippen LogP contribution in [0.3, 0.4) is 0 Å². The van der Waals surface area contributed by atoms with Gasteiger partial charge in [-0.25, -0.2) is 0 Å². The number of carboxylic acids is 1. The summed E-state index contributed by atoms with van der Waals surface area (Å²) in [5.41, 5.74) is 0.798. The molecule has 116 valence electrons. The number of hydrogen-bond donors (Lipinski definition) is 3.